The maximum atomic E-state index is 10.2. The molecule has 0 unspecified atom stereocenters. The van der Waals surface area contributed by atoms with Gasteiger partial charge in [-0.2, -0.15) is 0 Å². The highest BCUT2D eigenvalue weighted by Crippen LogP contribution is 1.89. The molecule has 0 fully saturated rings. The molecule has 0 aromatic carbocycles. The predicted molar refractivity (Wildman–Crippen MR) is 35.2 cm³/mol. The number of aliphatic hydroxyl groups excluding tert-OH is 1. The van der Waals surface area contributed by atoms with E-state index in [1.54, 1.807) is 0 Å². The molecule has 0 rings (SSSR count). The molecule has 0 bridgehead atoms. The molecule has 0 radical (unpaired) electrons. The zero-order valence-electron chi connectivity index (χ0n) is 4.00. The van der Waals surface area contributed by atoms with E-state index in [0.29, 0.717) is 0 Å². The van der Waals surface area contributed by atoms with Gasteiger partial charge in [-0.3, -0.25) is 0 Å². The second-order valence-corrected chi connectivity index (χ2v) is 1.63. The largest absolute Gasteiger partial charge is 0.394 e. The van der Waals surface area contributed by atoms with Crippen LogP contribution in [0.3, 0.4) is 0 Å². The van der Waals surface area contributed by atoms with Crippen molar-refractivity contribution in [3.63, 3.8) is 0 Å². The van der Waals surface area contributed by atoms with Crippen LogP contribution in [0.1, 0.15) is 0 Å². The molecule has 0 saturated heterocycles. The fourth-order valence-electron chi connectivity index (χ4n) is 0.132. The summed E-state index contributed by atoms with van der Waals surface area (Å²) in [6, 6.07) is -0.896. The minimum absolute atomic E-state index is 0.373. The molecule has 0 spiro atoms. The molecule has 0 aliphatic rings. The van der Waals surface area contributed by atoms with Crippen molar-refractivity contribution in [3.05, 3.63) is 0 Å². The van der Waals surface area contributed by atoms with Crippen LogP contribution in [0.25, 0.3) is 0 Å². The summed E-state index contributed by atoms with van der Waals surface area (Å²) in [6.45, 7) is -0.373. The number of rotatable bonds is 2. The Hall–Kier alpha value is 0.120. The Balaban J connectivity index is 3.46. The highest BCUT2D eigenvalue weighted by Gasteiger charge is 2.11. The summed E-state index contributed by atoms with van der Waals surface area (Å²) in [5.41, 5.74) is 5.00. The molecule has 0 aromatic rings. The Labute approximate surface area is 60.7 Å². The smallest absolute Gasteiger partial charge is 0.334 e. The average Bonchev–Trinajstić information content (AvgIpc) is 1.84. The normalized spacial score (nSPS) is 12.9. The van der Waals surface area contributed by atoms with Crippen molar-refractivity contribution in [2.24, 2.45) is 5.73 Å². The summed E-state index contributed by atoms with van der Waals surface area (Å²) in [7, 11) is 0. The lowest BCUT2D eigenvalue weighted by molar-refractivity contribution is -0.133. The molecule has 0 aliphatic heterocycles. The highest BCUT2D eigenvalue weighted by atomic mass is 127. The number of hydrogen-bond acceptors (Lipinski definition) is 4. The summed E-state index contributed by atoms with van der Waals surface area (Å²) in [4.78, 5) is 10.2. The molecule has 0 amide bonds. The van der Waals surface area contributed by atoms with Gasteiger partial charge in [0.2, 0.25) is 0 Å². The third kappa shape index (κ3) is 2.43. The van der Waals surface area contributed by atoms with E-state index < -0.39 is 12.0 Å². The molecule has 3 N–H and O–H groups in total. The second kappa shape index (κ2) is 4.04. The lowest BCUT2D eigenvalue weighted by atomic mass is 10.3. The van der Waals surface area contributed by atoms with Crippen LogP contribution < -0.4 is 5.73 Å². The summed E-state index contributed by atoms with van der Waals surface area (Å²) < 4.78 is 4.15. The van der Waals surface area contributed by atoms with Gasteiger partial charge < -0.3 is 13.9 Å². The van der Waals surface area contributed by atoms with Gasteiger partial charge in [0, 0.05) is 0 Å². The molecule has 4 nitrogen and oxygen atoms in total. The van der Waals surface area contributed by atoms with Crippen LogP contribution in [0.4, 0.5) is 0 Å². The van der Waals surface area contributed by atoms with Crippen molar-refractivity contribution in [2.45, 2.75) is 6.04 Å². The molecule has 0 aliphatic carbocycles. The van der Waals surface area contributed by atoms with E-state index in [9.17, 15) is 4.79 Å². The van der Waals surface area contributed by atoms with E-state index in [1.807, 2.05) is 0 Å². The van der Waals surface area contributed by atoms with Crippen molar-refractivity contribution in [1.29, 1.82) is 0 Å². The van der Waals surface area contributed by atoms with Crippen molar-refractivity contribution in [3.8, 4) is 0 Å². The van der Waals surface area contributed by atoms with Crippen LogP contribution in [0, 0.1) is 0 Å². The Bertz CT molecular complexity index is 86.6. The zero-order valence-corrected chi connectivity index (χ0v) is 6.16. The van der Waals surface area contributed by atoms with Crippen LogP contribution in [0.5, 0.6) is 0 Å². The van der Waals surface area contributed by atoms with Gasteiger partial charge in [0.05, 0.1) is 6.61 Å². The van der Waals surface area contributed by atoms with Gasteiger partial charge in [-0.25, -0.2) is 4.79 Å². The number of halogens is 1. The number of nitrogens with two attached hydrogens (primary N) is 1. The van der Waals surface area contributed by atoms with Crippen molar-refractivity contribution >= 4 is 29.0 Å². The average molecular weight is 231 g/mol. The third-order valence-corrected chi connectivity index (χ3v) is 1.01. The first-order valence-corrected chi connectivity index (χ1v) is 2.79. The van der Waals surface area contributed by atoms with Gasteiger partial charge in [0.25, 0.3) is 0 Å². The van der Waals surface area contributed by atoms with Gasteiger partial charge in [-0.1, -0.05) is 0 Å². The van der Waals surface area contributed by atoms with Gasteiger partial charge in [-0.15, -0.1) is 0 Å². The Morgan fingerprint density at radius 3 is 2.62 bits per heavy atom. The van der Waals surface area contributed by atoms with E-state index in [4.69, 9.17) is 10.8 Å². The Morgan fingerprint density at radius 1 is 2.00 bits per heavy atom. The van der Waals surface area contributed by atoms with Gasteiger partial charge in [0.15, 0.2) is 23.0 Å². The molecule has 0 heterocycles. The molecule has 1 atom stereocenters. The number of carbonyl (C=O) groups is 1. The summed E-state index contributed by atoms with van der Waals surface area (Å²) >= 11 is 1.41. The molecular formula is C3H6INO3. The molecule has 8 heavy (non-hydrogen) atoms. The molecule has 5 heteroatoms. The standard InChI is InChI=1S/C3H6INO3/c4-8-3(7)2(5)1-6/h2,6H,1,5H2/t2-/m0/s1. The van der Waals surface area contributed by atoms with E-state index in [2.05, 4.69) is 3.07 Å². The van der Waals surface area contributed by atoms with Gasteiger partial charge >= 0.3 is 5.97 Å². The van der Waals surface area contributed by atoms with Crippen molar-refractivity contribution in [1.82, 2.24) is 0 Å². The van der Waals surface area contributed by atoms with E-state index in [0.717, 1.165) is 0 Å². The van der Waals surface area contributed by atoms with Crippen LogP contribution in [-0.2, 0) is 7.86 Å². The predicted octanol–water partition coefficient (Wildman–Crippen LogP) is -0.801. The van der Waals surface area contributed by atoms with Crippen LogP contribution in [0.15, 0.2) is 0 Å². The van der Waals surface area contributed by atoms with Gasteiger partial charge in [-0.05, 0) is 0 Å². The summed E-state index contributed by atoms with van der Waals surface area (Å²) in [6.07, 6.45) is 0. The maximum Gasteiger partial charge on any atom is 0.334 e. The monoisotopic (exact) mass is 231 g/mol. The third-order valence-electron chi connectivity index (χ3n) is 0.575. The summed E-state index contributed by atoms with van der Waals surface area (Å²) in [5.74, 6) is -0.604. The second-order valence-electron chi connectivity index (χ2n) is 1.19. The zero-order chi connectivity index (χ0) is 6.57. The van der Waals surface area contributed by atoms with Crippen LogP contribution in [-0.4, -0.2) is 23.7 Å². The number of aliphatic hydroxyl groups is 1. The van der Waals surface area contributed by atoms with E-state index in [1.165, 1.54) is 23.0 Å². The molecule has 0 aromatic heterocycles. The first-order chi connectivity index (χ1) is 3.72. The Morgan fingerprint density at radius 2 is 2.50 bits per heavy atom. The fourth-order valence-corrected chi connectivity index (χ4v) is 0.458. The van der Waals surface area contributed by atoms with Crippen LogP contribution in [0.2, 0.25) is 0 Å². The SMILES string of the molecule is N[C@@H](CO)C(=O)OI. The van der Waals surface area contributed by atoms with Crippen molar-refractivity contribution < 1.29 is 13.0 Å². The molecule has 48 valence electrons. The first-order valence-electron chi connectivity index (χ1n) is 1.91. The van der Waals surface area contributed by atoms with Crippen LogP contribution >= 0.6 is 23.0 Å². The lowest BCUT2D eigenvalue weighted by Crippen LogP contribution is -2.33. The van der Waals surface area contributed by atoms with E-state index >= 15 is 0 Å². The lowest BCUT2D eigenvalue weighted by Gasteiger charge is -2.00. The van der Waals surface area contributed by atoms with Gasteiger partial charge in [0.1, 0.15) is 6.04 Å². The van der Waals surface area contributed by atoms with E-state index in [-0.39, 0.29) is 6.61 Å². The molecule has 0 saturated carbocycles. The topological polar surface area (TPSA) is 72.5 Å². The maximum absolute atomic E-state index is 10.2. The first kappa shape index (κ1) is 8.12. The minimum atomic E-state index is -0.896. The quantitative estimate of drug-likeness (QED) is 0.610. The van der Waals surface area contributed by atoms with Crippen molar-refractivity contribution in [2.75, 3.05) is 6.61 Å². The number of hydrogen-bond donors (Lipinski definition) is 2. The summed E-state index contributed by atoms with van der Waals surface area (Å²) in [5, 5.41) is 8.21. The highest BCUT2D eigenvalue weighted by molar-refractivity contribution is 14.1. The fraction of sp³-hybridized carbons (Fsp3) is 0.667. The number of carbonyl (C=O) groups excluding carboxylic acids is 1. The Kier molecular flexibility index (Phi) is 4.11. The minimum Gasteiger partial charge on any atom is -0.394 e. The molecular weight excluding hydrogens is 225 g/mol.